The van der Waals surface area contributed by atoms with Gasteiger partial charge in [0.05, 0.1) is 17.8 Å². The van der Waals surface area contributed by atoms with Crippen LogP contribution in [0.2, 0.25) is 10.0 Å². The maximum Gasteiger partial charge on any atom is 0.341 e. The highest BCUT2D eigenvalue weighted by Gasteiger charge is 2.15. The normalized spacial score (nSPS) is 10.9. The molecule has 118 valence electrons. The van der Waals surface area contributed by atoms with E-state index in [1.807, 2.05) is 0 Å². The molecule has 2 N–H and O–H groups in total. The van der Waals surface area contributed by atoms with E-state index < -0.39 is 5.97 Å². The smallest absolute Gasteiger partial charge is 0.341 e. The molecule has 0 bridgehead atoms. The minimum atomic E-state index is -0.634. The fourth-order valence-corrected chi connectivity index (χ4v) is 2.83. The molecule has 0 aliphatic rings. The summed E-state index contributed by atoms with van der Waals surface area (Å²) >= 11 is 11.9. The fraction of sp³-hybridized carbons (Fsp3) is 0.0625. The van der Waals surface area contributed by atoms with Gasteiger partial charge in [0.15, 0.2) is 5.75 Å². The van der Waals surface area contributed by atoms with E-state index in [1.54, 1.807) is 23.0 Å². The molecular weight excluding hydrogens is 341 g/mol. The van der Waals surface area contributed by atoms with E-state index in [2.05, 4.69) is 4.74 Å². The Kier molecular flexibility index (Phi) is 3.83. The van der Waals surface area contributed by atoms with E-state index in [1.165, 1.54) is 25.3 Å². The number of carbonyl (C=O) groups excluding carboxylic acids is 1. The minimum Gasteiger partial charge on any atom is -0.507 e. The number of carbonyl (C=O) groups is 1. The average Bonchev–Trinajstić information content (AvgIpc) is 2.91. The predicted octanol–water partition coefficient (Wildman–Crippen LogP) is 4.14. The summed E-state index contributed by atoms with van der Waals surface area (Å²) in [4.78, 5) is 11.6. The maximum atomic E-state index is 11.6. The van der Waals surface area contributed by atoms with E-state index in [0.29, 0.717) is 21.5 Å². The number of phenols is 2. The molecule has 0 radical (unpaired) electrons. The summed E-state index contributed by atoms with van der Waals surface area (Å²) in [5.74, 6) is -0.935. The Bertz CT molecular complexity index is 933. The number of hydrogen-bond donors (Lipinski definition) is 2. The van der Waals surface area contributed by atoms with Crippen LogP contribution in [0.15, 0.2) is 36.7 Å². The van der Waals surface area contributed by atoms with Gasteiger partial charge in [-0.2, -0.15) is 0 Å². The van der Waals surface area contributed by atoms with Gasteiger partial charge < -0.3 is 19.5 Å². The summed E-state index contributed by atoms with van der Waals surface area (Å²) in [6, 6.07) is 5.95. The molecule has 0 fully saturated rings. The van der Waals surface area contributed by atoms with Crippen molar-refractivity contribution in [3.63, 3.8) is 0 Å². The van der Waals surface area contributed by atoms with E-state index in [9.17, 15) is 15.0 Å². The Morgan fingerprint density at radius 1 is 1.09 bits per heavy atom. The van der Waals surface area contributed by atoms with E-state index >= 15 is 0 Å². The number of nitrogens with zero attached hydrogens (tertiary/aromatic N) is 1. The molecule has 3 rings (SSSR count). The molecule has 0 saturated heterocycles. The minimum absolute atomic E-state index is 0.0612. The third-order valence-electron chi connectivity index (χ3n) is 3.45. The number of halogens is 2. The number of rotatable bonds is 2. The molecule has 1 aromatic heterocycles. The van der Waals surface area contributed by atoms with Gasteiger partial charge in [-0.3, -0.25) is 0 Å². The zero-order valence-electron chi connectivity index (χ0n) is 11.9. The predicted molar refractivity (Wildman–Crippen MR) is 88.0 cm³/mol. The van der Waals surface area contributed by atoms with Gasteiger partial charge >= 0.3 is 5.97 Å². The Labute approximate surface area is 141 Å². The molecule has 0 aliphatic carbocycles. The Balaban J connectivity index is 2.20. The Hall–Kier alpha value is -2.37. The summed E-state index contributed by atoms with van der Waals surface area (Å²) in [5.41, 5.74) is 0.448. The van der Waals surface area contributed by atoms with E-state index in [-0.39, 0.29) is 22.1 Å². The van der Waals surface area contributed by atoms with Crippen LogP contribution in [0.25, 0.3) is 16.5 Å². The van der Waals surface area contributed by atoms with Gasteiger partial charge in [0.1, 0.15) is 11.3 Å². The van der Waals surface area contributed by atoms with Gasteiger partial charge in [0, 0.05) is 28.2 Å². The first-order valence-corrected chi connectivity index (χ1v) is 7.27. The molecule has 0 spiro atoms. The Morgan fingerprint density at radius 2 is 1.74 bits per heavy atom. The van der Waals surface area contributed by atoms with Gasteiger partial charge in [-0.25, -0.2) is 4.79 Å². The second-order valence-corrected chi connectivity index (χ2v) is 5.75. The van der Waals surface area contributed by atoms with Crippen molar-refractivity contribution in [2.45, 2.75) is 0 Å². The van der Waals surface area contributed by atoms with Crippen molar-refractivity contribution < 1.29 is 19.7 Å². The number of esters is 1. The summed E-state index contributed by atoms with van der Waals surface area (Å²) in [6.45, 7) is 0. The van der Waals surface area contributed by atoms with Crippen LogP contribution in [0, 0.1) is 0 Å². The number of methoxy groups -OCH3 is 1. The van der Waals surface area contributed by atoms with E-state index in [4.69, 9.17) is 23.2 Å². The quantitative estimate of drug-likeness (QED) is 0.680. The molecule has 0 amide bonds. The van der Waals surface area contributed by atoms with Crippen LogP contribution < -0.4 is 0 Å². The number of ether oxygens (including phenoxy) is 1. The van der Waals surface area contributed by atoms with Gasteiger partial charge in [0.2, 0.25) is 0 Å². The lowest BCUT2D eigenvalue weighted by molar-refractivity contribution is 0.0597. The van der Waals surface area contributed by atoms with Crippen LogP contribution >= 0.6 is 23.2 Å². The number of phenolic OH excluding ortho intramolecular Hbond substituents is 2. The number of fused-ring (bicyclic) bond motifs is 1. The molecule has 23 heavy (non-hydrogen) atoms. The van der Waals surface area contributed by atoms with Gasteiger partial charge in [-0.15, -0.1) is 0 Å². The zero-order chi connectivity index (χ0) is 16.7. The second-order valence-electron chi connectivity index (χ2n) is 4.91. The van der Waals surface area contributed by atoms with Crippen LogP contribution in [0.4, 0.5) is 0 Å². The van der Waals surface area contributed by atoms with Crippen molar-refractivity contribution in [1.82, 2.24) is 4.57 Å². The monoisotopic (exact) mass is 351 g/mol. The summed E-state index contributed by atoms with van der Waals surface area (Å²) in [7, 11) is 1.24. The van der Waals surface area contributed by atoms with Crippen molar-refractivity contribution in [3.05, 3.63) is 52.3 Å². The van der Waals surface area contributed by atoms with Crippen molar-refractivity contribution in [2.24, 2.45) is 0 Å². The maximum absolute atomic E-state index is 11.6. The topological polar surface area (TPSA) is 71.7 Å². The van der Waals surface area contributed by atoms with Gasteiger partial charge in [-0.05, 0) is 24.3 Å². The molecule has 7 heteroatoms. The molecule has 0 aliphatic heterocycles. The lowest BCUT2D eigenvalue weighted by Crippen LogP contribution is -2.00. The van der Waals surface area contributed by atoms with Crippen molar-refractivity contribution in [2.75, 3.05) is 7.11 Å². The molecule has 1 heterocycles. The first-order valence-electron chi connectivity index (χ1n) is 6.52. The SMILES string of the molecule is COC(=O)c1cc2cn(-c3cc(Cl)cc(Cl)c3O)cc2cc1O. The fourth-order valence-electron chi connectivity index (χ4n) is 2.34. The lowest BCUT2D eigenvalue weighted by Gasteiger charge is -2.07. The highest BCUT2D eigenvalue weighted by atomic mass is 35.5. The molecule has 3 aromatic rings. The summed E-state index contributed by atoms with van der Waals surface area (Å²) in [5, 5.41) is 21.9. The third-order valence-corrected chi connectivity index (χ3v) is 3.96. The summed E-state index contributed by atoms with van der Waals surface area (Å²) in [6.07, 6.45) is 3.36. The largest absolute Gasteiger partial charge is 0.507 e. The lowest BCUT2D eigenvalue weighted by atomic mass is 10.1. The molecule has 0 unspecified atom stereocenters. The van der Waals surface area contributed by atoms with Crippen molar-refractivity contribution in [1.29, 1.82) is 0 Å². The van der Waals surface area contributed by atoms with Gasteiger partial charge in [-0.1, -0.05) is 23.2 Å². The first kappa shape index (κ1) is 15.5. The molecule has 0 saturated carbocycles. The van der Waals surface area contributed by atoms with Crippen LogP contribution in [-0.2, 0) is 4.74 Å². The highest BCUT2D eigenvalue weighted by Crippen LogP contribution is 2.35. The number of aromatic hydroxyl groups is 2. The van der Waals surface area contributed by atoms with Gasteiger partial charge in [0.25, 0.3) is 0 Å². The number of hydrogen-bond acceptors (Lipinski definition) is 4. The molecule has 5 nitrogen and oxygen atoms in total. The van der Waals surface area contributed by atoms with Crippen LogP contribution in [-0.4, -0.2) is 27.9 Å². The third kappa shape index (κ3) is 2.69. The summed E-state index contributed by atoms with van der Waals surface area (Å²) < 4.78 is 6.24. The Morgan fingerprint density at radius 3 is 2.39 bits per heavy atom. The average molecular weight is 352 g/mol. The standard InChI is InChI=1S/C16H11Cl2NO4/c1-23-16(22)11-2-8-6-19(7-9(8)3-14(11)20)13-5-10(17)4-12(18)15(13)21/h2-7,20-21H,1H3. The van der Waals surface area contributed by atoms with Crippen LogP contribution in [0.5, 0.6) is 11.5 Å². The first-order chi connectivity index (χ1) is 10.9. The van der Waals surface area contributed by atoms with E-state index in [0.717, 1.165) is 0 Å². The second kappa shape index (κ2) is 5.68. The number of aromatic nitrogens is 1. The molecule has 0 atom stereocenters. The van der Waals surface area contributed by atoms with Crippen LogP contribution in [0.3, 0.4) is 0 Å². The zero-order valence-corrected chi connectivity index (χ0v) is 13.4. The highest BCUT2D eigenvalue weighted by molar-refractivity contribution is 6.36. The molecule has 2 aromatic carbocycles. The number of benzene rings is 2. The van der Waals surface area contributed by atoms with Crippen molar-refractivity contribution >= 4 is 39.9 Å². The molecular formula is C16H11Cl2NO4. The van der Waals surface area contributed by atoms with Crippen molar-refractivity contribution in [3.8, 4) is 17.2 Å². The van der Waals surface area contributed by atoms with Crippen LogP contribution in [0.1, 0.15) is 10.4 Å².